The molecule has 0 spiro atoms. The molecule has 2 aliphatic rings. The van der Waals surface area contributed by atoms with Crippen molar-refractivity contribution in [3.8, 4) is 0 Å². The molecule has 0 aromatic heterocycles. The molecule has 4 atom stereocenters. The first-order valence-electron chi connectivity index (χ1n) is 7.94. The predicted octanol–water partition coefficient (Wildman–Crippen LogP) is 3.24. The highest BCUT2D eigenvalue weighted by Gasteiger charge is 2.38. The Hall–Kier alpha value is -0.570. The Morgan fingerprint density at radius 2 is 2.05 bits per heavy atom. The van der Waals surface area contributed by atoms with Crippen molar-refractivity contribution >= 4 is 5.97 Å². The number of hydrogen-bond acceptors (Lipinski definition) is 2. The number of carboxylic acids is 1. The van der Waals surface area contributed by atoms with Crippen molar-refractivity contribution in [3.63, 3.8) is 0 Å². The van der Waals surface area contributed by atoms with E-state index in [-0.39, 0.29) is 5.92 Å². The molecule has 3 nitrogen and oxygen atoms in total. The van der Waals surface area contributed by atoms with Gasteiger partial charge in [-0.1, -0.05) is 33.6 Å². The fourth-order valence-electron chi connectivity index (χ4n) is 4.10. The molecule has 0 radical (unpaired) electrons. The summed E-state index contributed by atoms with van der Waals surface area (Å²) in [5.41, 5.74) is 0. The summed E-state index contributed by atoms with van der Waals surface area (Å²) in [5.74, 6) is 1.20. The van der Waals surface area contributed by atoms with Crippen molar-refractivity contribution in [1.82, 2.24) is 4.90 Å². The van der Waals surface area contributed by atoms with E-state index in [1.807, 2.05) is 0 Å². The second-order valence-corrected chi connectivity index (χ2v) is 7.19. The van der Waals surface area contributed by atoms with Crippen LogP contribution < -0.4 is 0 Å². The largest absolute Gasteiger partial charge is 0.481 e. The molecule has 1 heterocycles. The Kier molecular flexibility index (Phi) is 4.88. The third-order valence-corrected chi connectivity index (χ3v) is 5.03. The van der Waals surface area contributed by atoms with Gasteiger partial charge in [-0.25, -0.2) is 0 Å². The van der Waals surface area contributed by atoms with Gasteiger partial charge in [0.15, 0.2) is 0 Å². The summed E-state index contributed by atoms with van der Waals surface area (Å²) in [6.07, 6.45) is 6.60. The van der Waals surface area contributed by atoms with Crippen LogP contribution in [0.25, 0.3) is 0 Å². The lowest BCUT2D eigenvalue weighted by atomic mass is 9.80. The van der Waals surface area contributed by atoms with Crippen LogP contribution in [0, 0.1) is 23.7 Å². The summed E-state index contributed by atoms with van der Waals surface area (Å²) < 4.78 is 0. The fourth-order valence-corrected chi connectivity index (χ4v) is 4.10. The second kappa shape index (κ2) is 6.25. The first-order valence-corrected chi connectivity index (χ1v) is 7.94. The number of nitrogens with zero attached hydrogens (tertiary/aromatic N) is 1. The minimum absolute atomic E-state index is 0.148. The van der Waals surface area contributed by atoms with E-state index in [2.05, 4.69) is 25.7 Å². The third-order valence-electron chi connectivity index (χ3n) is 5.03. The Bertz CT molecular complexity index is 316. The molecule has 0 aromatic carbocycles. The quantitative estimate of drug-likeness (QED) is 0.850. The molecular formula is C16H29NO2. The zero-order valence-electron chi connectivity index (χ0n) is 12.6. The summed E-state index contributed by atoms with van der Waals surface area (Å²) in [7, 11) is 0. The number of rotatable bonds is 4. The van der Waals surface area contributed by atoms with E-state index in [1.54, 1.807) is 0 Å². The van der Waals surface area contributed by atoms with E-state index in [0.29, 0.717) is 12.0 Å². The van der Waals surface area contributed by atoms with E-state index < -0.39 is 5.97 Å². The molecular weight excluding hydrogens is 238 g/mol. The molecule has 4 unspecified atom stereocenters. The molecule has 2 rings (SSSR count). The van der Waals surface area contributed by atoms with Crippen LogP contribution in [0.15, 0.2) is 0 Å². The van der Waals surface area contributed by atoms with Gasteiger partial charge in [-0.2, -0.15) is 0 Å². The van der Waals surface area contributed by atoms with Crippen molar-refractivity contribution < 1.29 is 9.90 Å². The molecule has 0 aromatic rings. The first-order chi connectivity index (χ1) is 8.97. The third kappa shape index (κ3) is 3.71. The maximum atomic E-state index is 11.2. The number of carbonyl (C=O) groups is 1. The van der Waals surface area contributed by atoms with Gasteiger partial charge in [-0.05, 0) is 37.0 Å². The molecule has 19 heavy (non-hydrogen) atoms. The number of likely N-dealkylation sites (tertiary alicyclic amines) is 1. The lowest BCUT2D eigenvalue weighted by Gasteiger charge is -2.36. The molecule has 110 valence electrons. The monoisotopic (exact) mass is 267 g/mol. The molecule has 1 saturated carbocycles. The van der Waals surface area contributed by atoms with Crippen LogP contribution in [0.4, 0.5) is 0 Å². The minimum Gasteiger partial charge on any atom is -0.481 e. The average Bonchev–Trinajstić information content (AvgIpc) is 2.71. The van der Waals surface area contributed by atoms with Gasteiger partial charge >= 0.3 is 5.97 Å². The van der Waals surface area contributed by atoms with Crippen LogP contribution in [-0.2, 0) is 4.79 Å². The van der Waals surface area contributed by atoms with Crippen molar-refractivity contribution in [2.24, 2.45) is 23.7 Å². The van der Waals surface area contributed by atoms with Crippen molar-refractivity contribution in [2.75, 3.05) is 13.1 Å². The Balaban J connectivity index is 1.90. The van der Waals surface area contributed by atoms with Gasteiger partial charge in [0, 0.05) is 19.1 Å². The lowest BCUT2D eigenvalue weighted by Crippen LogP contribution is -2.38. The zero-order valence-corrected chi connectivity index (χ0v) is 12.6. The number of aliphatic carboxylic acids is 1. The maximum absolute atomic E-state index is 11.2. The predicted molar refractivity (Wildman–Crippen MR) is 77.1 cm³/mol. The Morgan fingerprint density at radius 1 is 1.32 bits per heavy atom. The number of hydrogen-bond donors (Lipinski definition) is 1. The van der Waals surface area contributed by atoms with Gasteiger partial charge in [0.25, 0.3) is 0 Å². The highest BCUT2D eigenvalue weighted by atomic mass is 16.4. The SMILES string of the molecule is CC(C)CC1CCCC(N2CC(C)C(C(=O)O)C2)C1. The second-order valence-electron chi connectivity index (χ2n) is 7.19. The van der Waals surface area contributed by atoms with Crippen LogP contribution >= 0.6 is 0 Å². The van der Waals surface area contributed by atoms with E-state index in [4.69, 9.17) is 0 Å². The molecule has 3 heteroatoms. The van der Waals surface area contributed by atoms with Crippen LogP contribution in [0.1, 0.15) is 52.9 Å². The molecule has 1 saturated heterocycles. The Morgan fingerprint density at radius 3 is 2.63 bits per heavy atom. The minimum atomic E-state index is -0.607. The topological polar surface area (TPSA) is 40.5 Å². The smallest absolute Gasteiger partial charge is 0.308 e. The molecule has 2 fully saturated rings. The van der Waals surface area contributed by atoms with Crippen LogP contribution in [0.3, 0.4) is 0 Å². The molecule has 1 aliphatic heterocycles. The summed E-state index contributed by atoms with van der Waals surface area (Å²) in [6.45, 7) is 8.46. The lowest BCUT2D eigenvalue weighted by molar-refractivity contribution is -0.142. The Labute approximate surface area is 117 Å². The molecule has 0 bridgehead atoms. The van der Waals surface area contributed by atoms with Gasteiger partial charge in [-0.3, -0.25) is 9.69 Å². The molecule has 1 aliphatic carbocycles. The molecule has 0 amide bonds. The fraction of sp³-hybridized carbons (Fsp3) is 0.938. The van der Waals surface area contributed by atoms with E-state index >= 15 is 0 Å². The van der Waals surface area contributed by atoms with E-state index in [0.717, 1.165) is 24.9 Å². The maximum Gasteiger partial charge on any atom is 0.308 e. The molecule has 1 N–H and O–H groups in total. The van der Waals surface area contributed by atoms with Crippen LogP contribution in [-0.4, -0.2) is 35.1 Å². The zero-order chi connectivity index (χ0) is 14.0. The van der Waals surface area contributed by atoms with E-state index in [9.17, 15) is 9.90 Å². The van der Waals surface area contributed by atoms with Gasteiger partial charge in [0.05, 0.1) is 5.92 Å². The normalized spacial score (nSPS) is 36.8. The summed E-state index contributed by atoms with van der Waals surface area (Å²) in [4.78, 5) is 13.7. The number of carboxylic acid groups (broad SMARTS) is 1. The summed E-state index contributed by atoms with van der Waals surface area (Å²) in [6, 6.07) is 0.643. The summed E-state index contributed by atoms with van der Waals surface area (Å²) >= 11 is 0. The van der Waals surface area contributed by atoms with Crippen molar-refractivity contribution in [2.45, 2.75) is 58.9 Å². The van der Waals surface area contributed by atoms with Gasteiger partial charge in [0.2, 0.25) is 0 Å². The average molecular weight is 267 g/mol. The van der Waals surface area contributed by atoms with Crippen molar-refractivity contribution in [3.05, 3.63) is 0 Å². The highest BCUT2D eigenvalue weighted by molar-refractivity contribution is 5.71. The van der Waals surface area contributed by atoms with Crippen LogP contribution in [0.2, 0.25) is 0 Å². The van der Waals surface area contributed by atoms with E-state index in [1.165, 1.54) is 32.1 Å². The first kappa shape index (κ1) is 14.8. The van der Waals surface area contributed by atoms with Gasteiger partial charge in [-0.15, -0.1) is 0 Å². The van der Waals surface area contributed by atoms with Gasteiger partial charge in [0.1, 0.15) is 0 Å². The van der Waals surface area contributed by atoms with Gasteiger partial charge < -0.3 is 5.11 Å². The standard InChI is InChI=1S/C16H29NO2/c1-11(2)7-13-5-4-6-14(8-13)17-9-12(3)15(10-17)16(18)19/h11-15H,4-10H2,1-3H3,(H,18,19). The van der Waals surface area contributed by atoms with Crippen LogP contribution in [0.5, 0.6) is 0 Å². The highest BCUT2D eigenvalue weighted by Crippen LogP contribution is 2.35. The van der Waals surface area contributed by atoms with Crippen molar-refractivity contribution in [1.29, 1.82) is 0 Å². The summed E-state index contributed by atoms with van der Waals surface area (Å²) in [5, 5.41) is 9.24.